The second-order valence-corrected chi connectivity index (χ2v) is 7.43. The molecule has 0 spiro atoms. The van der Waals surface area contributed by atoms with Gasteiger partial charge >= 0.3 is 6.55 Å². The Hall–Kier alpha value is -2.84. The lowest BCUT2D eigenvalue weighted by atomic mass is 10.1. The number of anilines is 1. The van der Waals surface area contributed by atoms with Gasteiger partial charge in [0.25, 0.3) is 5.91 Å². The molecule has 1 aliphatic rings. The van der Waals surface area contributed by atoms with Gasteiger partial charge in [-0.15, -0.1) is 0 Å². The predicted octanol–water partition coefficient (Wildman–Crippen LogP) is 5.73. The molecule has 9 heteroatoms. The molecule has 29 heavy (non-hydrogen) atoms. The molecule has 2 aromatic carbocycles. The van der Waals surface area contributed by atoms with Crippen molar-refractivity contribution in [2.24, 2.45) is 4.99 Å². The van der Waals surface area contributed by atoms with Crippen LogP contribution >= 0.6 is 23.4 Å². The molecule has 0 saturated carbocycles. The molecule has 0 atom stereocenters. The Morgan fingerprint density at radius 3 is 2.76 bits per heavy atom. The van der Waals surface area contributed by atoms with E-state index in [0.717, 1.165) is 34.8 Å². The molecule has 0 N–H and O–H groups in total. The van der Waals surface area contributed by atoms with E-state index in [1.54, 1.807) is 30.5 Å². The van der Waals surface area contributed by atoms with E-state index >= 15 is 0 Å². The fraction of sp³-hybridized carbons (Fsp3) is 0.0500. The lowest BCUT2D eigenvalue weighted by Gasteiger charge is -2.23. The van der Waals surface area contributed by atoms with Gasteiger partial charge in [-0.3, -0.25) is 14.7 Å². The van der Waals surface area contributed by atoms with Crippen LogP contribution in [0.15, 0.2) is 64.6 Å². The number of alkyl halides is 2. The number of aromatic nitrogens is 1. The summed E-state index contributed by atoms with van der Waals surface area (Å²) in [5.74, 6) is -1.39. The van der Waals surface area contributed by atoms with Gasteiger partial charge in [-0.05, 0) is 59.8 Å². The predicted molar refractivity (Wildman–Crippen MR) is 110 cm³/mol. The number of pyridine rings is 1. The summed E-state index contributed by atoms with van der Waals surface area (Å²) in [4.78, 5) is 20.9. The number of benzene rings is 2. The first-order valence-corrected chi connectivity index (χ1v) is 9.51. The third kappa shape index (κ3) is 3.99. The van der Waals surface area contributed by atoms with Gasteiger partial charge in [-0.1, -0.05) is 23.7 Å². The van der Waals surface area contributed by atoms with Crippen LogP contribution in [0, 0.1) is 5.82 Å². The Morgan fingerprint density at radius 1 is 1.14 bits per heavy atom. The van der Waals surface area contributed by atoms with E-state index in [0.29, 0.717) is 10.5 Å². The van der Waals surface area contributed by atoms with Crippen molar-refractivity contribution in [1.29, 1.82) is 0 Å². The monoisotopic (exact) mass is 433 g/mol. The molecule has 0 saturated heterocycles. The van der Waals surface area contributed by atoms with Crippen LogP contribution in [0.25, 0.3) is 17.0 Å². The van der Waals surface area contributed by atoms with Gasteiger partial charge in [0, 0.05) is 11.6 Å². The molecule has 146 valence electrons. The van der Waals surface area contributed by atoms with Crippen molar-refractivity contribution in [3.05, 3.63) is 76.0 Å². The standard InChI is InChI=1S/C20H11ClF3N3OS/c21-14-5-4-13(22)10-16(14)27(19(23)24)20-26-18(28)17(29-20)9-11-3-6-15-12(8-11)2-1-7-25-15/h1-10,19H/b17-9+. The van der Waals surface area contributed by atoms with Gasteiger partial charge in [0.05, 0.1) is 21.1 Å². The fourth-order valence-corrected chi connectivity index (χ4v) is 3.94. The van der Waals surface area contributed by atoms with Crippen LogP contribution in [0.3, 0.4) is 0 Å². The molecule has 0 unspecified atom stereocenters. The minimum absolute atomic E-state index is 0.0816. The number of carbonyl (C=O) groups is 1. The Kier molecular flexibility index (Phi) is 5.29. The van der Waals surface area contributed by atoms with Crippen LogP contribution in [-0.4, -0.2) is 22.6 Å². The highest BCUT2D eigenvalue weighted by atomic mass is 35.5. The highest BCUT2D eigenvalue weighted by Gasteiger charge is 2.32. The summed E-state index contributed by atoms with van der Waals surface area (Å²) in [6, 6.07) is 12.2. The van der Waals surface area contributed by atoms with Crippen molar-refractivity contribution in [2.75, 3.05) is 4.90 Å². The van der Waals surface area contributed by atoms with Crippen molar-refractivity contribution >= 4 is 57.1 Å². The molecule has 0 radical (unpaired) electrons. The Morgan fingerprint density at radius 2 is 1.97 bits per heavy atom. The number of halogens is 4. The van der Waals surface area contributed by atoms with Gasteiger partial charge in [-0.25, -0.2) is 4.39 Å². The van der Waals surface area contributed by atoms with Gasteiger partial charge in [0.2, 0.25) is 0 Å². The number of hydrogen-bond acceptors (Lipinski definition) is 4. The zero-order valence-electron chi connectivity index (χ0n) is 14.5. The average Bonchev–Trinajstić information content (AvgIpc) is 3.04. The SMILES string of the molecule is O=C1N=C(N(c2cc(F)ccc2Cl)C(F)F)S/C1=C/c1ccc2ncccc2c1. The Labute approximate surface area is 172 Å². The molecule has 4 nitrogen and oxygen atoms in total. The van der Waals surface area contributed by atoms with Gasteiger partial charge in [0.1, 0.15) is 5.82 Å². The summed E-state index contributed by atoms with van der Waals surface area (Å²) >= 11 is 6.74. The first-order valence-electron chi connectivity index (χ1n) is 8.32. The number of carbonyl (C=O) groups excluding carboxylic acids is 1. The maximum atomic E-state index is 13.7. The smallest absolute Gasteiger partial charge is 0.266 e. The summed E-state index contributed by atoms with van der Waals surface area (Å²) in [5.41, 5.74) is 1.23. The second-order valence-electron chi connectivity index (χ2n) is 6.01. The normalized spacial score (nSPS) is 15.4. The summed E-state index contributed by atoms with van der Waals surface area (Å²) < 4.78 is 41.0. The quantitative estimate of drug-likeness (QED) is 0.391. The number of fused-ring (bicyclic) bond motifs is 1. The third-order valence-corrected chi connectivity index (χ3v) is 5.41. The minimum Gasteiger partial charge on any atom is -0.266 e. The van der Waals surface area contributed by atoms with Crippen molar-refractivity contribution in [3.63, 3.8) is 0 Å². The van der Waals surface area contributed by atoms with E-state index < -0.39 is 18.3 Å². The molecular weight excluding hydrogens is 423 g/mol. The summed E-state index contributed by atoms with van der Waals surface area (Å²) in [7, 11) is 0. The topological polar surface area (TPSA) is 45.6 Å². The average molecular weight is 434 g/mol. The first-order chi connectivity index (χ1) is 13.9. The minimum atomic E-state index is -3.07. The molecule has 0 fully saturated rings. The van der Waals surface area contributed by atoms with E-state index in [9.17, 15) is 18.0 Å². The van der Waals surface area contributed by atoms with Crippen LogP contribution in [0.5, 0.6) is 0 Å². The Bertz CT molecular complexity index is 1180. The van der Waals surface area contributed by atoms with Crippen LogP contribution in [0.4, 0.5) is 18.9 Å². The van der Waals surface area contributed by atoms with Crippen molar-refractivity contribution < 1.29 is 18.0 Å². The molecule has 2 heterocycles. The number of thioether (sulfide) groups is 1. The molecule has 0 bridgehead atoms. The molecular formula is C20H11ClF3N3OS. The summed E-state index contributed by atoms with van der Waals surface area (Å²) in [6.45, 7) is -3.07. The zero-order valence-corrected chi connectivity index (χ0v) is 16.1. The van der Waals surface area contributed by atoms with Crippen molar-refractivity contribution in [2.45, 2.75) is 6.55 Å². The number of rotatable bonds is 3. The number of nitrogens with zero attached hydrogens (tertiary/aromatic N) is 3. The number of hydrogen-bond donors (Lipinski definition) is 0. The van der Waals surface area contributed by atoms with Crippen LogP contribution < -0.4 is 4.90 Å². The second kappa shape index (κ2) is 7.88. The van der Waals surface area contributed by atoms with Gasteiger partial charge in [-0.2, -0.15) is 13.8 Å². The molecule has 1 aliphatic heterocycles. The lowest BCUT2D eigenvalue weighted by molar-refractivity contribution is -0.113. The van der Waals surface area contributed by atoms with Crippen LogP contribution in [0.2, 0.25) is 5.02 Å². The highest BCUT2D eigenvalue weighted by molar-refractivity contribution is 8.18. The largest absolute Gasteiger partial charge is 0.321 e. The van der Waals surface area contributed by atoms with Crippen molar-refractivity contribution in [3.8, 4) is 0 Å². The maximum Gasteiger partial charge on any atom is 0.321 e. The highest BCUT2D eigenvalue weighted by Crippen LogP contribution is 2.37. The van der Waals surface area contributed by atoms with E-state index in [2.05, 4.69) is 9.98 Å². The van der Waals surface area contributed by atoms with E-state index in [4.69, 9.17) is 11.6 Å². The van der Waals surface area contributed by atoms with Gasteiger partial charge < -0.3 is 0 Å². The number of amidine groups is 1. The molecule has 1 aromatic heterocycles. The van der Waals surface area contributed by atoms with Gasteiger partial charge in [0.15, 0.2) is 5.17 Å². The fourth-order valence-electron chi connectivity index (χ4n) is 2.80. The Balaban J connectivity index is 1.66. The number of aliphatic imine (C=N–C) groups is 1. The summed E-state index contributed by atoms with van der Waals surface area (Å²) in [5, 5.41) is 0.521. The van der Waals surface area contributed by atoms with Crippen LogP contribution in [0.1, 0.15) is 5.56 Å². The third-order valence-electron chi connectivity index (χ3n) is 4.10. The lowest BCUT2D eigenvalue weighted by Crippen LogP contribution is -2.33. The first kappa shape index (κ1) is 19.5. The maximum absolute atomic E-state index is 13.7. The summed E-state index contributed by atoms with van der Waals surface area (Å²) in [6.07, 6.45) is 3.24. The van der Waals surface area contributed by atoms with E-state index in [-0.39, 0.29) is 20.8 Å². The molecule has 0 aliphatic carbocycles. The molecule has 4 rings (SSSR count). The van der Waals surface area contributed by atoms with E-state index in [1.165, 1.54) is 6.07 Å². The molecule has 3 aromatic rings. The van der Waals surface area contributed by atoms with Crippen molar-refractivity contribution in [1.82, 2.24) is 4.98 Å². The van der Waals surface area contributed by atoms with E-state index in [1.807, 2.05) is 12.1 Å². The zero-order chi connectivity index (χ0) is 20.5. The molecule has 1 amide bonds. The van der Waals surface area contributed by atoms with Crippen LogP contribution in [-0.2, 0) is 4.79 Å². The number of amides is 1.